The third-order valence-corrected chi connectivity index (χ3v) is 3.50. The number of halogens is 1. The second-order valence-electron chi connectivity index (χ2n) is 4.36. The van der Waals surface area contributed by atoms with Crippen LogP contribution in [0.5, 0.6) is 5.75 Å². The molecule has 0 aliphatic heterocycles. The van der Waals surface area contributed by atoms with Crippen molar-refractivity contribution in [3.63, 3.8) is 0 Å². The smallest absolute Gasteiger partial charge is 0.310 e. The summed E-state index contributed by atoms with van der Waals surface area (Å²) >= 11 is 0.882. The van der Waals surface area contributed by atoms with Gasteiger partial charge in [0.05, 0.1) is 16.0 Å². The third kappa shape index (κ3) is 4.58. The highest BCUT2D eigenvalue weighted by atomic mass is 32.1. The van der Waals surface area contributed by atoms with E-state index in [1.165, 1.54) is 43.5 Å². The molecule has 9 heteroatoms. The lowest BCUT2D eigenvalue weighted by molar-refractivity contribution is -0.386. The van der Waals surface area contributed by atoms with Crippen molar-refractivity contribution in [1.82, 2.24) is 5.43 Å². The molecule has 0 aliphatic rings. The number of amides is 1. The number of para-hydroxylation sites is 2. The van der Waals surface area contributed by atoms with Crippen LogP contribution in [-0.4, -0.2) is 23.1 Å². The minimum atomic E-state index is -0.992. The van der Waals surface area contributed by atoms with Gasteiger partial charge in [0.25, 0.3) is 5.91 Å². The summed E-state index contributed by atoms with van der Waals surface area (Å²) in [4.78, 5) is 22.7. The highest BCUT2D eigenvalue weighted by Crippen LogP contribution is 2.26. The zero-order chi connectivity index (χ0) is 16.8. The summed E-state index contributed by atoms with van der Waals surface area (Å²) in [6.45, 7) is 1.44. The standard InChI is InChI=1S/C14H12FN3O4S/c1-9(22-12-5-3-2-4-11(12)18(20)21)14(19)17-16-8-10-6-7-13(15)23-10/h2-9H,1H3,(H,17,19)/b16-8-/t9-/m0/s1. The summed E-state index contributed by atoms with van der Waals surface area (Å²) in [5, 5.41) is 14.2. The van der Waals surface area contributed by atoms with E-state index < -0.39 is 16.9 Å². The Hall–Kier alpha value is -2.81. The van der Waals surface area contributed by atoms with Crippen molar-refractivity contribution >= 4 is 29.1 Å². The van der Waals surface area contributed by atoms with E-state index in [2.05, 4.69) is 10.5 Å². The maximum atomic E-state index is 12.8. The molecular formula is C14H12FN3O4S. The van der Waals surface area contributed by atoms with Gasteiger partial charge in [-0.2, -0.15) is 9.49 Å². The van der Waals surface area contributed by atoms with Crippen LogP contribution in [0.15, 0.2) is 41.5 Å². The molecule has 1 aromatic heterocycles. The van der Waals surface area contributed by atoms with E-state index in [9.17, 15) is 19.3 Å². The number of nitrogens with zero attached hydrogens (tertiary/aromatic N) is 2. The Balaban J connectivity index is 1.95. The third-order valence-electron chi connectivity index (χ3n) is 2.70. The Morgan fingerprint density at radius 1 is 1.43 bits per heavy atom. The van der Waals surface area contributed by atoms with Gasteiger partial charge in [-0.15, -0.1) is 11.3 Å². The van der Waals surface area contributed by atoms with Crippen molar-refractivity contribution < 1.29 is 18.8 Å². The summed E-state index contributed by atoms with van der Waals surface area (Å²) in [5.74, 6) is -0.596. The van der Waals surface area contributed by atoms with Crippen LogP contribution in [0.3, 0.4) is 0 Å². The van der Waals surface area contributed by atoms with Gasteiger partial charge in [-0.3, -0.25) is 14.9 Å². The fraction of sp³-hybridized carbons (Fsp3) is 0.143. The predicted octanol–water partition coefficient (Wildman–Crippen LogP) is 2.71. The molecule has 7 nitrogen and oxygen atoms in total. The Kier molecular flexibility index (Phi) is 5.36. The molecule has 1 aromatic carbocycles. The number of ether oxygens (including phenoxy) is 1. The summed E-state index contributed by atoms with van der Waals surface area (Å²) in [6, 6.07) is 8.55. The number of nitro groups is 1. The van der Waals surface area contributed by atoms with Gasteiger partial charge in [-0.25, -0.2) is 5.43 Å². The zero-order valence-corrected chi connectivity index (χ0v) is 12.7. The molecule has 2 aromatic rings. The Morgan fingerprint density at radius 2 is 2.17 bits per heavy atom. The highest BCUT2D eigenvalue weighted by Gasteiger charge is 2.20. The quantitative estimate of drug-likeness (QED) is 0.498. The van der Waals surface area contributed by atoms with Gasteiger partial charge in [0.15, 0.2) is 17.0 Å². The molecule has 0 radical (unpaired) electrons. The number of hydrogen-bond donors (Lipinski definition) is 1. The van der Waals surface area contributed by atoms with Crippen LogP contribution in [-0.2, 0) is 4.79 Å². The summed E-state index contributed by atoms with van der Waals surface area (Å²) < 4.78 is 18.1. The summed E-state index contributed by atoms with van der Waals surface area (Å²) in [7, 11) is 0. The molecule has 1 amide bonds. The molecule has 0 saturated carbocycles. The number of rotatable bonds is 6. The molecule has 1 N–H and O–H groups in total. The van der Waals surface area contributed by atoms with E-state index in [-0.39, 0.29) is 16.6 Å². The lowest BCUT2D eigenvalue weighted by Crippen LogP contribution is -2.33. The van der Waals surface area contributed by atoms with Crippen molar-refractivity contribution in [3.8, 4) is 5.75 Å². The number of carbonyl (C=O) groups is 1. The van der Waals surface area contributed by atoms with Crippen LogP contribution >= 0.6 is 11.3 Å². The molecular weight excluding hydrogens is 325 g/mol. The Morgan fingerprint density at radius 3 is 2.83 bits per heavy atom. The Labute approximate surface area is 134 Å². The van der Waals surface area contributed by atoms with Crippen LogP contribution in [0.25, 0.3) is 0 Å². The lowest BCUT2D eigenvalue weighted by Gasteiger charge is -2.12. The largest absolute Gasteiger partial charge is 0.474 e. The second-order valence-corrected chi connectivity index (χ2v) is 5.43. The van der Waals surface area contributed by atoms with Gasteiger partial charge >= 0.3 is 5.69 Å². The maximum absolute atomic E-state index is 12.8. The van der Waals surface area contributed by atoms with E-state index in [4.69, 9.17) is 4.74 Å². The Bertz CT molecular complexity index is 747. The van der Waals surface area contributed by atoms with Gasteiger partial charge in [0, 0.05) is 6.07 Å². The molecule has 0 bridgehead atoms. The molecule has 2 rings (SSSR count). The topological polar surface area (TPSA) is 93.8 Å². The molecule has 0 spiro atoms. The minimum Gasteiger partial charge on any atom is -0.474 e. The van der Waals surface area contributed by atoms with Crippen molar-refractivity contribution in [1.29, 1.82) is 0 Å². The number of hydrazone groups is 1. The van der Waals surface area contributed by atoms with Crippen LogP contribution in [0, 0.1) is 15.2 Å². The molecule has 0 unspecified atom stereocenters. The van der Waals surface area contributed by atoms with E-state index in [1.54, 1.807) is 6.07 Å². The van der Waals surface area contributed by atoms with Crippen molar-refractivity contribution in [2.24, 2.45) is 5.10 Å². The van der Waals surface area contributed by atoms with Crippen LogP contribution in [0.4, 0.5) is 10.1 Å². The fourth-order valence-electron chi connectivity index (χ4n) is 1.60. The van der Waals surface area contributed by atoms with E-state index >= 15 is 0 Å². The van der Waals surface area contributed by atoms with Gasteiger partial charge in [0.2, 0.25) is 0 Å². The first kappa shape index (κ1) is 16.6. The van der Waals surface area contributed by atoms with Crippen molar-refractivity contribution in [2.75, 3.05) is 0 Å². The number of benzene rings is 1. The number of nitrogens with one attached hydrogen (secondary N) is 1. The predicted molar refractivity (Wildman–Crippen MR) is 83.2 cm³/mol. The van der Waals surface area contributed by atoms with E-state index in [0.29, 0.717) is 4.88 Å². The normalized spacial score (nSPS) is 12.1. The number of thiophene rings is 1. The molecule has 0 saturated heterocycles. The zero-order valence-electron chi connectivity index (χ0n) is 11.9. The molecule has 0 fully saturated rings. The highest BCUT2D eigenvalue weighted by molar-refractivity contribution is 7.12. The second kappa shape index (κ2) is 7.45. The van der Waals surface area contributed by atoms with Crippen LogP contribution < -0.4 is 10.2 Å². The average Bonchev–Trinajstić information content (AvgIpc) is 2.93. The first-order valence-corrected chi connectivity index (χ1v) is 7.27. The molecule has 23 heavy (non-hydrogen) atoms. The van der Waals surface area contributed by atoms with E-state index in [1.807, 2.05) is 0 Å². The van der Waals surface area contributed by atoms with Gasteiger partial charge < -0.3 is 4.74 Å². The SMILES string of the molecule is C[C@H](Oc1ccccc1[N+](=O)[O-])C(=O)N/N=C\c1ccc(F)s1. The average molecular weight is 337 g/mol. The monoisotopic (exact) mass is 337 g/mol. The fourth-order valence-corrected chi connectivity index (χ4v) is 2.20. The molecule has 1 atom stereocenters. The van der Waals surface area contributed by atoms with Crippen molar-refractivity contribution in [2.45, 2.75) is 13.0 Å². The first-order valence-electron chi connectivity index (χ1n) is 6.45. The van der Waals surface area contributed by atoms with Crippen LogP contribution in [0.2, 0.25) is 0 Å². The molecule has 120 valence electrons. The summed E-state index contributed by atoms with van der Waals surface area (Å²) in [6.07, 6.45) is 0.303. The van der Waals surface area contributed by atoms with Gasteiger partial charge in [0.1, 0.15) is 0 Å². The summed E-state index contributed by atoms with van der Waals surface area (Å²) in [5.41, 5.74) is 2.00. The van der Waals surface area contributed by atoms with Gasteiger partial charge in [-0.1, -0.05) is 12.1 Å². The number of nitro benzene ring substituents is 1. The van der Waals surface area contributed by atoms with Gasteiger partial charge in [-0.05, 0) is 25.1 Å². The molecule has 1 heterocycles. The lowest BCUT2D eigenvalue weighted by atomic mass is 10.3. The number of hydrogen-bond acceptors (Lipinski definition) is 6. The first-order chi connectivity index (χ1) is 11.0. The number of carbonyl (C=O) groups excluding carboxylic acids is 1. The molecule has 0 aliphatic carbocycles. The van der Waals surface area contributed by atoms with Crippen molar-refractivity contribution in [3.05, 3.63) is 56.5 Å². The maximum Gasteiger partial charge on any atom is 0.310 e. The minimum absolute atomic E-state index is 0.00976. The van der Waals surface area contributed by atoms with E-state index in [0.717, 1.165) is 11.3 Å². The van der Waals surface area contributed by atoms with Crippen LogP contribution in [0.1, 0.15) is 11.8 Å².